The zero-order valence-electron chi connectivity index (χ0n) is 11.9. The fourth-order valence-corrected chi connectivity index (χ4v) is 3.51. The van der Waals surface area contributed by atoms with Gasteiger partial charge in [0.25, 0.3) is 0 Å². The molecule has 22 heavy (non-hydrogen) atoms. The fraction of sp³-hybridized carbons (Fsp3) is 0.125. The predicted octanol–water partition coefficient (Wildman–Crippen LogP) is 3.61. The van der Waals surface area contributed by atoms with Gasteiger partial charge < -0.3 is 4.98 Å². The van der Waals surface area contributed by atoms with Crippen LogP contribution in [0.15, 0.2) is 53.6 Å². The van der Waals surface area contributed by atoms with Crippen LogP contribution in [0, 0.1) is 6.92 Å². The number of aryl methyl sites for hydroxylation is 1. The lowest BCUT2D eigenvalue weighted by molar-refractivity contribution is 0.581. The number of hydrogen-bond donors (Lipinski definition) is 2. The molecule has 2 N–H and O–H groups in total. The molecule has 0 atom stereocenters. The van der Waals surface area contributed by atoms with Gasteiger partial charge in [-0.1, -0.05) is 29.8 Å². The number of benzene rings is 2. The zero-order chi connectivity index (χ0) is 15.7. The van der Waals surface area contributed by atoms with E-state index in [1.165, 1.54) is 12.1 Å². The molecular formula is C16H15ClN2O2S. The number of nitrogens with one attached hydrogen (secondary N) is 2. The molecule has 0 aliphatic carbocycles. The van der Waals surface area contributed by atoms with E-state index in [-0.39, 0.29) is 11.4 Å². The Kier molecular flexibility index (Phi) is 3.95. The Labute approximate surface area is 134 Å². The van der Waals surface area contributed by atoms with Gasteiger partial charge in [0.15, 0.2) is 0 Å². The third kappa shape index (κ3) is 2.88. The maximum atomic E-state index is 12.3. The van der Waals surface area contributed by atoms with Crippen molar-refractivity contribution in [3.63, 3.8) is 0 Å². The van der Waals surface area contributed by atoms with Crippen molar-refractivity contribution in [2.45, 2.75) is 18.4 Å². The quantitative estimate of drug-likeness (QED) is 0.765. The van der Waals surface area contributed by atoms with E-state index in [1.807, 2.05) is 31.3 Å². The highest BCUT2D eigenvalue weighted by Crippen LogP contribution is 2.21. The first-order chi connectivity index (χ1) is 10.5. The summed E-state index contributed by atoms with van der Waals surface area (Å²) >= 11 is 5.78. The number of fused-ring (bicyclic) bond motifs is 1. The van der Waals surface area contributed by atoms with Gasteiger partial charge in [-0.2, -0.15) is 0 Å². The van der Waals surface area contributed by atoms with Crippen LogP contribution in [0.25, 0.3) is 10.9 Å². The number of rotatable bonds is 4. The van der Waals surface area contributed by atoms with E-state index in [4.69, 9.17) is 11.6 Å². The molecule has 0 spiro atoms. The third-order valence-corrected chi connectivity index (χ3v) is 5.26. The topological polar surface area (TPSA) is 62.0 Å². The molecule has 1 aromatic heterocycles. The summed E-state index contributed by atoms with van der Waals surface area (Å²) in [5.41, 5.74) is 3.07. The van der Waals surface area contributed by atoms with Crippen molar-refractivity contribution >= 4 is 32.5 Å². The second kappa shape index (κ2) is 5.76. The number of aromatic nitrogens is 1. The van der Waals surface area contributed by atoms with E-state index in [2.05, 4.69) is 9.71 Å². The number of hydrogen-bond acceptors (Lipinski definition) is 2. The summed E-state index contributed by atoms with van der Waals surface area (Å²) in [5.74, 6) is 0. The van der Waals surface area contributed by atoms with Crippen LogP contribution in [0.3, 0.4) is 0 Å². The molecule has 3 rings (SSSR count). The second-order valence-electron chi connectivity index (χ2n) is 5.09. The van der Waals surface area contributed by atoms with Crippen LogP contribution in [-0.2, 0) is 16.6 Å². The van der Waals surface area contributed by atoms with Gasteiger partial charge in [-0.25, -0.2) is 13.1 Å². The zero-order valence-corrected chi connectivity index (χ0v) is 13.5. The summed E-state index contributed by atoms with van der Waals surface area (Å²) in [7, 11) is -3.55. The van der Waals surface area contributed by atoms with Gasteiger partial charge in [-0.3, -0.25) is 0 Å². The van der Waals surface area contributed by atoms with Crippen LogP contribution in [-0.4, -0.2) is 13.4 Å². The van der Waals surface area contributed by atoms with Gasteiger partial charge >= 0.3 is 0 Å². The standard InChI is InChI=1S/C16H15ClN2O2S/c1-11-3-2-4-15-12(9-18-16(11)15)10-19-22(20,21)14-7-5-13(17)6-8-14/h2-9,18-19H,10H2,1H3. The van der Waals surface area contributed by atoms with Crippen molar-refractivity contribution in [2.75, 3.05) is 0 Å². The smallest absolute Gasteiger partial charge is 0.240 e. The Morgan fingerprint density at radius 3 is 2.59 bits per heavy atom. The van der Waals surface area contributed by atoms with Crippen LogP contribution < -0.4 is 4.72 Å². The minimum absolute atomic E-state index is 0.202. The molecule has 114 valence electrons. The molecule has 0 fully saturated rings. The van der Waals surface area contributed by atoms with Crippen molar-refractivity contribution < 1.29 is 8.42 Å². The minimum Gasteiger partial charge on any atom is -0.361 e. The Bertz CT molecular complexity index is 915. The molecule has 3 aromatic rings. The van der Waals surface area contributed by atoms with Crippen molar-refractivity contribution in [1.82, 2.24) is 9.71 Å². The molecule has 0 saturated carbocycles. The average molecular weight is 335 g/mol. The molecule has 0 amide bonds. The summed E-state index contributed by atoms with van der Waals surface area (Å²) in [6, 6.07) is 12.1. The first-order valence-corrected chi connectivity index (χ1v) is 8.64. The molecule has 0 aliphatic heterocycles. The maximum absolute atomic E-state index is 12.3. The van der Waals surface area contributed by atoms with Gasteiger partial charge in [-0.05, 0) is 42.3 Å². The second-order valence-corrected chi connectivity index (χ2v) is 7.29. The van der Waals surface area contributed by atoms with E-state index in [1.54, 1.807) is 12.1 Å². The highest BCUT2D eigenvalue weighted by atomic mass is 35.5. The molecule has 6 heteroatoms. The van der Waals surface area contributed by atoms with E-state index in [0.717, 1.165) is 22.0 Å². The molecular weight excluding hydrogens is 320 g/mol. The van der Waals surface area contributed by atoms with Crippen LogP contribution >= 0.6 is 11.6 Å². The van der Waals surface area contributed by atoms with E-state index < -0.39 is 10.0 Å². The lowest BCUT2D eigenvalue weighted by Gasteiger charge is -2.06. The SMILES string of the molecule is Cc1cccc2c(CNS(=O)(=O)c3ccc(Cl)cc3)c[nH]c12. The Morgan fingerprint density at radius 1 is 1.14 bits per heavy atom. The van der Waals surface area contributed by atoms with Crippen LogP contribution in [0.4, 0.5) is 0 Å². The summed E-state index contributed by atoms with van der Waals surface area (Å²) < 4.78 is 27.2. The van der Waals surface area contributed by atoms with Crippen molar-refractivity contribution in [3.8, 4) is 0 Å². The average Bonchev–Trinajstić information content (AvgIpc) is 2.90. The molecule has 0 bridgehead atoms. The molecule has 0 saturated heterocycles. The molecule has 0 unspecified atom stereocenters. The van der Waals surface area contributed by atoms with Gasteiger partial charge in [-0.15, -0.1) is 0 Å². The number of aromatic amines is 1. The van der Waals surface area contributed by atoms with Gasteiger partial charge in [0.05, 0.1) is 4.90 Å². The van der Waals surface area contributed by atoms with Crippen LogP contribution in [0.2, 0.25) is 5.02 Å². The highest BCUT2D eigenvalue weighted by molar-refractivity contribution is 7.89. The first kappa shape index (κ1) is 15.1. The largest absolute Gasteiger partial charge is 0.361 e. The molecule has 1 heterocycles. The molecule has 0 aliphatic rings. The number of sulfonamides is 1. The number of para-hydroxylation sites is 1. The van der Waals surface area contributed by atoms with Crippen LogP contribution in [0.1, 0.15) is 11.1 Å². The summed E-state index contributed by atoms with van der Waals surface area (Å²) in [4.78, 5) is 3.39. The summed E-state index contributed by atoms with van der Waals surface area (Å²) in [5, 5.41) is 1.53. The summed E-state index contributed by atoms with van der Waals surface area (Å²) in [6.45, 7) is 2.24. The lowest BCUT2D eigenvalue weighted by Crippen LogP contribution is -2.23. The van der Waals surface area contributed by atoms with Crippen molar-refractivity contribution in [2.24, 2.45) is 0 Å². The van der Waals surface area contributed by atoms with E-state index in [0.29, 0.717) is 5.02 Å². The molecule has 2 aromatic carbocycles. The van der Waals surface area contributed by atoms with Crippen molar-refractivity contribution in [1.29, 1.82) is 0 Å². The number of halogens is 1. The number of H-pyrrole nitrogens is 1. The first-order valence-electron chi connectivity index (χ1n) is 6.78. The maximum Gasteiger partial charge on any atom is 0.240 e. The van der Waals surface area contributed by atoms with E-state index >= 15 is 0 Å². The Morgan fingerprint density at radius 2 is 1.86 bits per heavy atom. The van der Waals surface area contributed by atoms with Gasteiger partial charge in [0.1, 0.15) is 0 Å². The highest BCUT2D eigenvalue weighted by Gasteiger charge is 2.14. The predicted molar refractivity (Wildman–Crippen MR) is 88.5 cm³/mol. The van der Waals surface area contributed by atoms with Gasteiger partial charge in [0, 0.05) is 28.7 Å². The van der Waals surface area contributed by atoms with Crippen LogP contribution in [0.5, 0.6) is 0 Å². The van der Waals surface area contributed by atoms with Crippen molar-refractivity contribution in [3.05, 3.63) is 64.8 Å². The third-order valence-electron chi connectivity index (χ3n) is 3.59. The monoisotopic (exact) mass is 334 g/mol. The Hall–Kier alpha value is -1.82. The molecule has 4 nitrogen and oxygen atoms in total. The molecule has 0 radical (unpaired) electrons. The normalized spacial score (nSPS) is 11.9. The van der Waals surface area contributed by atoms with E-state index in [9.17, 15) is 8.42 Å². The lowest BCUT2D eigenvalue weighted by atomic mass is 10.1. The minimum atomic E-state index is -3.55. The van der Waals surface area contributed by atoms with Gasteiger partial charge in [0.2, 0.25) is 10.0 Å². The fourth-order valence-electron chi connectivity index (χ4n) is 2.38. The Balaban J connectivity index is 1.84. The summed E-state index contributed by atoms with van der Waals surface area (Å²) in [6.07, 6.45) is 1.84.